The summed E-state index contributed by atoms with van der Waals surface area (Å²) in [5.41, 5.74) is 2.37. The van der Waals surface area contributed by atoms with Gasteiger partial charge in [-0.2, -0.15) is 0 Å². The van der Waals surface area contributed by atoms with Crippen LogP contribution in [0.3, 0.4) is 0 Å². The molecule has 1 aromatic heterocycles. The Kier molecular flexibility index (Phi) is 3.27. The third-order valence-electron chi connectivity index (χ3n) is 2.62. The fourth-order valence-corrected chi connectivity index (χ4v) is 1.54. The maximum absolute atomic E-state index is 11.7. The molecule has 18 heavy (non-hydrogen) atoms. The Balaban J connectivity index is 2.04. The van der Waals surface area contributed by atoms with E-state index in [2.05, 4.69) is 15.3 Å². The Morgan fingerprint density at radius 1 is 1.44 bits per heavy atom. The predicted octanol–water partition coefficient (Wildman–Crippen LogP) is 0.980. The highest BCUT2D eigenvalue weighted by Crippen LogP contribution is 2.15. The van der Waals surface area contributed by atoms with E-state index in [1.165, 1.54) is 11.8 Å². The van der Waals surface area contributed by atoms with E-state index >= 15 is 0 Å². The lowest BCUT2D eigenvalue weighted by Gasteiger charge is -2.14. The summed E-state index contributed by atoms with van der Waals surface area (Å²) in [6.45, 7) is 1.46. The molecule has 2 N–H and O–H groups in total. The van der Waals surface area contributed by atoms with Crippen molar-refractivity contribution in [3.8, 4) is 0 Å². The SMILES string of the molecule is CC(=O)N(C)CC(=O)Nc1ccc2nc[nH]c2c1. The van der Waals surface area contributed by atoms with Gasteiger partial charge in [0.2, 0.25) is 11.8 Å². The maximum atomic E-state index is 11.7. The second kappa shape index (κ2) is 4.87. The molecule has 0 saturated carbocycles. The van der Waals surface area contributed by atoms with E-state index in [1.807, 2.05) is 6.07 Å². The molecular weight excluding hydrogens is 232 g/mol. The van der Waals surface area contributed by atoms with Gasteiger partial charge in [0, 0.05) is 19.7 Å². The second-order valence-electron chi connectivity index (χ2n) is 4.06. The molecule has 0 spiro atoms. The Hall–Kier alpha value is -2.37. The van der Waals surface area contributed by atoms with Gasteiger partial charge in [0.1, 0.15) is 0 Å². The highest BCUT2D eigenvalue weighted by molar-refractivity contribution is 5.95. The molecule has 0 aliphatic heterocycles. The van der Waals surface area contributed by atoms with E-state index < -0.39 is 0 Å². The Morgan fingerprint density at radius 3 is 2.94 bits per heavy atom. The number of hydrogen-bond acceptors (Lipinski definition) is 3. The zero-order chi connectivity index (χ0) is 13.1. The summed E-state index contributed by atoms with van der Waals surface area (Å²) in [7, 11) is 1.58. The van der Waals surface area contributed by atoms with Crippen molar-refractivity contribution in [2.24, 2.45) is 0 Å². The molecule has 0 fully saturated rings. The number of nitrogens with zero attached hydrogens (tertiary/aromatic N) is 2. The molecule has 2 amide bonds. The van der Waals surface area contributed by atoms with Gasteiger partial charge < -0.3 is 15.2 Å². The molecule has 0 bridgehead atoms. The molecule has 0 aliphatic rings. The molecule has 1 heterocycles. The number of imidazole rings is 1. The molecule has 2 rings (SSSR count). The Bertz CT molecular complexity index is 591. The van der Waals surface area contributed by atoms with Gasteiger partial charge in [0.15, 0.2) is 0 Å². The molecule has 1 aromatic carbocycles. The first-order valence-electron chi connectivity index (χ1n) is 5.51. The zero-order valence-corrected chi connectivity index (χ0v) is 10.2. The maximum Gasteiger partial charge on any atom is 0.243 e. The Labute approximate surface area is 104 Å². The summed E-state index contributed by atoms with van der Waals surface area (Å²) in [5, 5.41) is 2.73. The summed E-state index contributed by atoms with van der Waals surface area (Å²) < 4.78 is 0. The van der Waals surface area contributed by atoms with Crippen molar-refractivity contribution < 1.29 is 9.59 Å². The van der Waals surface area contributed by atoms with Crippen molar-refractivity contribution in [2.45, 2.75) is 6.92 Å². The number of rotatable bonds is 3. The average molecular weight is 246 g/mol. The van der Waals surface area contributed by atoms with Crippen molar-refractivity contribution >= 4 is 28.5 Å². The van der Waals surface area contributed by atoms with E-state index in [0.717, 1.165) is 11.0 Å². The molecule has 2 aromatic rings. The minimum absolute atomic E-state index is 0.0380. The van der Waals surface area contributed by atoms with Gasteiger partial charge in [-0.05, 0) is 18.2 Å². The number of benzene rings is 1. The van der Waals surface area contributed by atoms with Gasteiger partial charge in [-0.3, -0.25) is 9.59 Å². The number of carbonyl (C=O) groups excluding carboxylic acids is 2. The number of amides is 2. The number of fused-ring (bicyclic) bond motifs is 1. The third-order valence-corrected chi connectivity index (χ3v) is 2.62. The lowest BCUT2D eigenvalue weighted by Crippen LogP contribution is -2.33. The molecule has 0 radical (unpaired) electrons. The van der Waals surface area contributed by atoms with Crippen LogP contribution in [0.1, 0.15) is 6.92 Å². The number of anilines is 1. The van der Waals surface area contributed by atoms with Gasteiger partial charge in [-0.1, -0.05) is 0 Å². The number of nitrogens with one attached hydrogen (secondary N) is 2. The first-order chi connectivity index (χ1) is 8.56. The van der Waals surface area contributed by atoms with E-state index in [-0.39, 0.29) is 18.4 Å². The molecule has 94 valence electrons. The van der Waals surface area contributed by atoms with Crippen molar-refractivity contribution in [1.29, 1.82) is 0 Å². The van der Waals surface area contributed by atoms with Crippen LogP contribution in [0.4, 0.5) is 5.69 Å². The zero-order valence-electron chi connectivity index (χ0n) is 10.2. The van der Waals surface area contributed by atoms with Crippen LogP contribution in [-0.4, -0.2) is 40.3 Å². The van der Waals surface area contributed by atoms with Crippen LogP contribution < -0.4 is 5.32 Å². The highest BCUT2D eigenvalue weighted by atomic mass is 16.2. The van der Waals surface area contributed by atoms with Crippen molar-refractivity contribution in [1.82, 2.24) is 14.9 Å². The summed E-state index contributed by atoms with van der Waals surface area (Å²) >= 11 is 0. The van der Waals surface area contributed by atoms with Crippen molar-refractivity contribution in [3.05, 3.63) is 24.5 Å². The quantitative estimate of drug-likeness (QED) is 0.847. The lowest BCUT2D eigenvalue weighted by molar-refractivity contribution is -0.131. The van der Waals surface area contributed by atoms with Gasteiger partial charge >= 0.3 is 0 Å². The molecule has 0 saturated heterocycles. The lowest BCUT2D eigenvalue weighted by atomic mass is 10.2. The summed E-state index contributed by atoms with van der Waals surface area (Å²) in [4.78, 5) is 31.1. The van der Waals surface area contributed by atoms with Crippen LogP contribution in [0.5, 0.6) is 0 Å². The van der Waals surface area contributed by atoms with E-state index in [4.69, 9.17) is 0 Å². The van der Waals surface area contributed by atoms with Crippen molar-refractivity contribution in [2.75, 3.05) is 18.9 Å². The monoisotopic (exact) mass is 246 g/mol. The normalized spacial score (nSPS) is 10.3. The first kappa shape index (κ1) is 12.1. The largest absolute Gasteiger partial charge is 0.345 e. The van der Waals surface area contributed by atoms with Crippen LogP contribution in [0.25, 0.3) is 11.0 Å². The highest BCUT2D eigenvalue weighted by Gasteiger charge is 2.09. The summed E-state index contributed by atoms with van der Waals surface area (Å²) in [6.07, 6.45) is 1.60. The number of likely N-dealkylation sites (N-methyl/N-ethyl adjacent to an activating group) is 1. The topological polar surface area (TPSA) is 78.1 Å². The van der Waals surface area contributed by atoms with Crippen LogP contribution in [0.2, 0.25) is 0 Å². The van der Waals surface area contributed by atoms with Gasteiger partial charge in [-0.25, -0.2) is 4.98 Å². The van der Waals surface area contributed by atoms with Gasteiger partial charge in [-0.15, -0.1) is 0 Å². The second-order valence-corrected chi connectivity index (χ2v) is 4.06. The van der Waals surface area contributed by atoms with Gasteiger partial charge in [0.25, 0.3) is 0 Å². The Morgan fingerprint density at radius 2 is 2.22 bits per heavy atom. The number of aromatic nitrogens is 2. The van der Waals surface area contributed by atoms with Crippen LogP contribution in [-0.2, 0) is 9.59 Å². The van der Waals surface area contributed by atoms with E-state index in [9.17, 15) is 9.59 Å². The van der Waals surface area contributed by atoms with Crippen LogP contribution in [0.15, 0.2) is 24.5 Å². The number of H-pyrrole nitrogens is 1. The molecular formula is C12H14N4O2. The summed E-state index contributed by atoms with van der Waals surface area (Å²) in [5.74, 6) is -0.374. The van der Waals surface area contributed by atoms with Crippen molar-refractivity contribution in [3.63, 3.8) is 0 Å². The van der Waals surface area contributed by atoms with Crippen LogP contribution >= 0.6 is 0 Å². The number of hydrogen-bond donors (Lipinski definition) is 2. The number of carbonyl (C=O) groups is 2. The predicted molar refractivity (Wildman–Crippen MR) is 68.0 cm³/mol. The molecule has 6 nitrogen and oxygen atoms in total. The van der Waals surface area contributed by atoms with Crippen LogP contribution in [0, 0.1) is 0 Å². The molecule has 0 atom stereocenters. The fourth-order valence-electron chi connectivity index (χ4n) is 1.54. The standard InChI is InChI=1S/C12H14N4O2/c1-8(17)16(2)6-12(18)15-9-3-4-10-11(5-9)14-7-13-10/h3-5,7H,6H2,1-2H3,(H,13,14)(H,15,18). The smallest absolute Gasteiger partial charge is 0.243 e. The average Bonchev–Trinajstić information content (AvgIpc) is 2.75. The molecule has 6 heteroatoms. The third kappa shape index (κ3) is 2.65. The van der Waals surface area contributed by atoms with E-state index in [1.54, 1.807) is 25.5 Å². The minimum Gasteiger partial charge on any atom is -0.345 e. The van der Waals surface area contributed by atoms with E-state index in [0.29, 0.717) is 5.69 Å². The van der Waals surface area contributed by atoms with Gasteiger partial charge in [0.05, 0.1) is 23.9 Å². The molecule has 0 unspecified atom stereocenters. The number of aromatic amines is 1. The first-order valence-corrected chi connectivity index (χ1v) is 5.51. The minimum atomic E-state index is -0.230. The molecule has 0 aliphatic carbocycles. The summed E-state index contributed by atoms with van der Waals surface area (Å²) in [6, 6.07) is 5.39. The fraction of sp³-hybridized carbons (Fsp3) is 0.250.